The highest BCUT2D eigenvalue weighted by Crippen LogP contribution is 2.28. The number of hydrogen-bond donors (Lipinski definition) is 3. The zero-order valence-electron chi connectivity index (χ0n) is 12.5. The van der Waals surface area contributed by atoms with Crippen molar-refractivity contribution in [3.63, 3.8) is 0 Å². The van der Waals surface area contributed by atoms with Gasteiger partial charge in [-0.3, -0.25) is 9.59 Å². The first-order chi connectivity index (χ1) is 9.56. The van der Waals surface area contributed by atoms with Gasteiger partial charge in [0.1, 0.15) is 5.75 Å². The van der Waals surface area contributed by atoms with Crippen LogP contribution >= 0.6 is 12.4 Å². The minimum Gasteiger partial charge on any atom is -0.495 e. The van der Waals surface area contributed by atoms with E-state index in [4.69, 9.17) is 4.74 Å². The lowest BCUT2D eigenvalue weighted by atomic mass is 10.2. The standard InChI is InChI=1S/C14H21N3O3.ClH/c1-10(18)16-11-6-7-13(20-3)12(9-11)17-14(19)5-4-8-15-2;/h6-7,9,15H,4-5,8H2,1-3H3,(H,16,18)(H,17,19);1H. The van der Waals surface area contributed by atoms with E-state index in [1.54, 1.807) is 18.2 Å². The van der Waals surface area contributed by atoms with Gasteiger partial charge in [-0.2, -0.15) is 0 Å². The first kappa shape index (κ1) is 19.2. The summed E-state index contributed by atoms with van der Waals surface area (Å²) in [6.07, 6.45) is 1.18. The summed E-state index contributed by atoms with van der Waals surface area (Å²) in [4.78, 5) is 22.8. The second kappa shape index (κ2) is 10.0. The van der Waals surface area contributed by atoms with Crippen LogP contribution in [0.25, 0.3) is 0 Å². The van der Waals surface area contributed by atoms with E-state index in [1.165, 1.54) is 14.0 Å². The molecule has 0 fully saturated rings. The van der Waals surface area contributed by atoms with Crippen LogP contribution in [0.15, 0.2) is 18.2 Å². The molecule has 0 bridgehead atoms. The third-order valence-electron chi connectivity index (χ3n) is 2.62. The first-order valence-electron chi connectivity index (χ1n) is 6.47. The summed E-state index contributed by atoms with van der Waals surface area (Å²) >= 11 is 0. The molecule has 3 N–H and O–H groups in total. The molecule has 0 radical (unpaired) electrons. The van der Waals surface area contributed by atoms with Gasteiger partial charge in [-0.1, -0.05) is 0 Å². The van der Waals surface area contributed by atoms with Crippen LogP contribution in [0, 0.1) is 0 Å². The molecule has 0 atom stereocenters. The van der Waals surface area contributed by atoms with Gasteiger partial charge in [-0.15, -0.1) is 12.4 Å². The Bertz CT molecular complexity index is 481. The molecule has 21 heavy (non-hydrogen) atoms. The Kier molecular flexibility index (Phi) is 9.16. The number of rotatable bonds is 7. The van der Waals surface area contributed by atoms with Gasteiger partial charge in [0.2, 0.25) is 11.8 Å². The molecule has 0 aromatic heterocycles. The van der Waals surface area contributed by atoms with Crippen molar-refractivity contribution < 1.29 is 14.3 Å². The second-order valence-electron chi connectivity index (χ2n) is 4.35. The van der Waals surface area contributed by atoms with Gasteiger partial charge in [0.25, 0.3) is 0 Å². The molecule has 2 amide bonds. The summed E-state index contributed by atoms with van der Waals surface area (Å²) in [5.41, 5.74) is 1.16. The number of ether oxygens (including phenoxy) is 1. The monoisotopic (exact) mass is 315 g/mol. The lowest BCUT2D eigenvalue weighted by Crippen LogP contribution is -2.16. The molecule has 0 aliphatic carbocycles. The number of anilines is 2. The Hall–Kier alpha value is -1.79. The quantitative estimate of drug-likeness (QED) is 0.673. The molecule has 0 saturated carbocycles. The Labute approximate surface area is 131 Å². The highest BCUT2D eigenvalue weighted by molar-refractivity contribution is 5.94. The van der Waals surface area contributed by atoms with E-state index in [2.05, 4.69) is 16.0 Å². The topological polar surface area (TPSA) is 79.5 Å². The van der Waals surface area contributed by atoms with Crippen molar-refractivity contribution in [3.8, 4) is 5.75 Å². The lowest BCUT2D eigenvalue weighted by molar-refractivity contribution is -0.116. The summed E-state index contributed by atoms with van der Waals surface area (Å²) in [5, 5.41) is 8.45. The van der Waals surface area contributed by atoms with Crippen molar-refractivity contribution in [2.75, 3.05) is 31.3 Å². The van der Waals surface area contributed by atoms with Crippen molar-refractivity contribution in [2.45, 2.75) is 19.8 Å². The number of hydrogen-bond acceptors (Lipinski definition) is 4. The molecule has 0 aliphatic rings. The average Bonchev–Trinajstić information content (AvgIpc) is 2.38. The lowest BCUT2D eigenvalue weighted by Gasteiger charge is -2.12. The Morgan fingerprint density at radius 3 is 2.52 bits per heavy atom. The predicted molar refractivity (Wildman–Crippen MR) is 86.3 cm³/mol. The maximum absolute atomic E-state index is 11.8. The minimum absolute atomic E-state index is 0. The van der Waals surface area contributed by atoms with Gasteiger partial charge in [0, 0.05) is 19.0 Å². The van der Waals surface area contributed by atoms with Crippen molar-refractivity contribution in [3.05, 3.63) is 18.2 Å². The molecule has 118 valence electrons. The third-order valence-corrected chi connectivity index (χ3v) is 2.62. The van der Waals surface area contributed by atoms with E-state index in [9.17, 15) is 9.59 Å². The van der Waals surface area contributed by atoms with Crippen LogP contribution in [0.2, 0.25) is 0 Å². The summed E-state index contributed by atoms with van der Waals surface area (Å²) in [6.45, 7) is 2.22. The van der Waals surface area contributed by atoms with Crippen molar-refractivity contribution >= 4 is 35.6 Å². The molecule has 7 heteroatoms. The fraction of sp³-hybridized carbons (Fsp3) is 0.429. The maximum Gasteiger partial charge on any atom is 0.224 e. The van der Waals surface area contributed by atoms with Crippen molar-refractivity contribution in [1.29, 1.82) is 0 Å². The smallest absolute Gasteiger partial charge is 0.224 e. The van der Waals surface area contributed by atoms with Gasteiger partial charge in [0.05, 0.1) is 12.8 Å². The number of carbonyl (C=O) groups is 2. The molecule has 0 saturated heterocycles. The fourth-order valence-corrected chi connectivity index (χ4v) is 1.73. The maximum atomic E-state index is 11.8. The van der Waals surface area contributed by atoms with E-state index >= 15 is 0 Å². The highest BCUT2D eigenvalue weighted by Gasteiger charge is 2.09. The highest BCUT2D eigenvalue weighted by atomic mass is 35.5. The molecule has 0 heterocycles. The number of nitrogens with one attached hydrogen (secondary N) is 3. The van der Waals surface area contributed by atoms with E-state index in [1.807, 2.05) is 7.05 Å². The number of methoxy groups -OCH3 is 1. The molecule has 1 aromatic carbocycles. The van der Waals surface area contributed by atoms with Gasteiger partial charge in [-0.25, -0.2) is 0 Å². The normalized spacial score (nSPS) is 9.48. The Morgan fingerprint density at radius 1 is 1.24 bits per heavy atom. The van der Waals surface area contributed by atoms with Crippen LogP contribution in [0.5, 0.6) is 5.75 Å². The van der Waals surface area contributed by atoms with Crippen LogP contribution in [0.4, 0.5) is 11.4 Å². The van der Waals surface area contributed by atoms with Crippen LogP contribution in [-0.2, 0) is 9.59 Å². The van der Waals surface area contributed by atoms with E-state index in [0.717, 1.165) is 13.0 Å². The fourth-order valence-electron chi connectivity index (χ4n) is 1.73. The average molecular weight is 316 g/mol. The van der Waals surface area contributed by atoms with E-state index in [-0.39, 0.29) is 24.2 Å². The predicted octanol–water partition coefficient (Wildman–Crippen LogP) is 2.01. The number of amides is 2. The summed E-state index contributed by atoms with van der Waals surface area (Å²) in [6, 6.07) is 5.10. The molecule has 0 aliphatic heterocycles. The van der Waals surface area contributed by atoms with Gasteiger partial charge >= 0.3 is 0 Å². The minimum atomic E-state index is -0.165. The molecular weight excluding hydrogens is 294 g/mol. The first-order valence-corrected chi connectivity index (χ1v) is 6.47. The third kappa shape index (κ3) is 6.97. The van der Waals surface area contributed by atoms with Crippen LogP contribution in [0.3, 0.4) is 0 Å². The van der Waals surface area contributed by atoms with Crippen LogP contribution in [-0.4, -0.2) is 32.5 Å². The van der Waals surface area contributed by atoms with Crippen molar-refractivity contribution in [1.82, 2.24) is 5.32 Å². The molecule has 0 spiro atoms. The zero-order chi connectivity index (χ0) is 15.0. The van der Waals surface area contributed by atoms with Gasteiger partial charge in [0.15, 0.2) is 0 Å². The molecule has 1 aromatic rings. The largest absolute Gasteiger partial charge is 0.495 e. The number of halogens is 1. The molecule has 1 rings (SSSR count). The Balaban J connectivity index is 0.00000400. The molecular formula is C14H22ClN3O3. The zero-order valence-corrected chi connectivity index (χ0v) is 13.3. The number of carbonyl (C=O) groups excluding carboxylic acids is 2. The second-order valence-corrected chi connectivity index (χ2v) is 4.35. The van der Waals surface area contributed by atoms with Crippen LogP contribution < -0.4 is 20.7 Å². The van der Waals surface area contributed by atoms with Gasteiger partial charge < -0.3 is 20.7 Å². The van der Waals surface area contributed by atoms with Gasteiger partial charge in [-0.05, 0) is 38.2 Å². The van der Waals surface area contributed by atoms with Crippen molar-refractivity contribution in [2.24, 2.45) is 0 Å². The summed E-state index contributed by atoms with van der Waals surface area (Å²) < 4.78 is 5.19. The summed E-state index contributed by atoms with van der Waals surface area (Å²) in [5.74, 6) is 0.307. The summed E-state index contributed by atoms with van der Waals surface area (Å²) in [7, 11) is 3.38. The van der Waals surface area contributed by atoms with E-state index in [0.29, 0.717) is 23.5 Å². The Morgan fingerprint density at radius 2 is 1.95 bits per heavy atom. The SMILES string of the molecule is CNCCCC(=O)Nc1cc(NC(C)=O)ccc1OC.Cl. The molecule has 6 nitrogen and oxygen atoms in total. The van der Waals surface area contributed by atoms with E-state index < -0.39 is 0 Å². The van der Waals surface area contributed by atoms with Crippen LogP contribution in [0.1, 0.15) is 19.8 Å². The number of benzene rings is 1. The molecule has 0 unspecified atom stereocenters.